The second kappa shape index (κ2) is 12.6. The molecule has 12 nitrogen and oxygen atoms in total. The van der Waals surface area contributed by atoms with Crippen LogP contribution in [0.1, 0.15) is 48.1 Å². The molecule has 1 aliphatic rings. The van der Waals surface area contributed by atoms with Crippen LogP contribution in [0.4, 0.5) is 26.3 Å². The maximum absolute atomic E-state index is 13.6. The van der Waals surface area contributed by atoms with Crippen LogP contribution < -0.4 is 5.69 Å². The standard InChI is InChI=1S/C27H26F6N5O7P/c1-17(18-9-20(26(28,29)30)11-21(10-18)27(31,32)33)44-15-25(19-5-3-2-4-6-19)8-7-24(13-34,38-16-35-36-23(38)40)14-37(25)22(39)12-45-46(41,42)43/h2-6,9-11,16-17H,7-8,12,14-15H2,1H3,(H,36,40)(H2,41,42,43)/t17-,24-,25-/m1/s1. The largest absolute Gasteiger partial charge is 0.470 e. The monoisotopic (exact) mass is 677 g/mol. The predicted octanol–water partition coefficient (Wildman–Crippen LogP) is 4.23. The number of nitrogens with one attached hydrogen (secondary N) is 1. The Morgan fingerprint density at radius 3 is 2.22 bits per heavy atom. The summed E-state index contributed by atoms with van der Waals surface area (Å²) in [4.78, 5) is 45.6. The van der Waals surface area contributed by atoms with Gasteiger partial charge in [-0.25, -0.2) is 14.5 Å². The van der Waals surface area contributed by atoms with Gasteiger partial charge in [0.05, 0.1) is 42.0 Å². The third-order valence-electron chi connectivity index (χ3n) is 7.73. The fourth-order valence-electron chi connectivity index (χ4n) is 5.33. The first-order valence-electron chi connectivity index (χ1n) is 13.3. The van der Waals surface area contributed by atoms with Gasteiger partial charge in [0.1, 0.15) is 12.9 Å². The molecule has 2 aromatic carbocycles. The first-order valence-corrected chi connectivity index (χ1v) is 14.9. The Balaban J connectivity index is 1.80. The molecule has 3 N–H and O–H groups in total. The number of likely N-dealkylation sites (tertiary alicyclic amines) is 1. The summed E-state index contributed by atoms with van der Waals surface area (Å²) in [6.07, 6.45) is -10.9. The summed E-state index contributed by atoms with van der Waals surface area (Å²) in [7, 11) is -5.19. The third-order valence-corrected chi connectivity index (χ3v) is 8.20. The molecule has 46 heavy (non-hydrogen) atoms. The molecule has 19 heteroatoms. The molecule has 1 aromatic heterocycles. The molecule has 1 aliphatic heterocycles. The van der Waals surface area contributed by atoms with Gasteiger partial charge in [-0.2, -0.15) is 36.7 Å². The molecule has 2 heterocycles. The van der Waals surface area contributed by atoms with E-state index in [1.54, 1.807) is 30.3 Å². The van der Waals surface area contributed by atoms with Crippen molar-refractivity contribution in [3.05, 3.63) is 87.6 Å². The number of benzene rings is 2. The van der Waals surface area contributed by atoms with Crippen LogP contribution in [0.3, 0.4) is 0 Å². The summed E-state index contributed by atoms with van der Waals surface area (Å²) < 4.78 is 104. The number of nitrogens with zero attached hydrogens (tertiary/aromatic N) is 4. The molecule has 3 atom stereocenters. The molecule has 4 rings (SSSR count). The van der Waals surface area contributed by atoms with Crippen LogP contribution in [-0.4, -0.2) is 55.1 Å². The van der Waals surface area contributed by atoms with Crippen molar-refractivity contribution in [2.24, 2.45) is 0 Å². The van der Waals surface area contributed by atoms with Crippen LogP contribution in [-0.2, 0) is 42.1 Å². The minimum Gasteiger partial charge on any atom is -0.371 e. The Hall–Kier alpha value is -4.01. The molecule has 0 bridgehead atoms. The normalized spacial score (nSPS) is 21.5. The van der Waals surface area contributed by atoms with E-state index < -0.39 is 85.4 Å². The third kappa shape index (κ3) is 7.34. The number of aromatic nitrogens is 3. The number of carbonyl (C=O) groups is 1. The first kappa shape index (κ1) is 34.9. The van der Waals surface area contributed by atoms with Gasteiger partial charge in [-0.05, 0) is 49.1 Å². The van der Waals surface area contributed by atoms with Gasteiger partial charge >= 0.3 is 25.9 Å². The summed E-state index contributed by atoms with van der Waals surface area (Å²) in [6, 6.07) is 10.9. The summed E-state index contributed by atoms with van der Waals surface area (Å²) in [5.74, 6) is -1.07. The van der Waals surface area contributed by atoms with Gasteiger partial charge in [0.15, 0.2) is 5.54 Å². The Morgan fingerprint density at radius 2 is 1.72 bits per heavy atom. The lowest BCUT2D eigenvalue weighted by Gasteiger charge is -2.52. The van der Waals surface area contributed by atoms with Crippen LogP contribution in [0.15, 0.2) is 59.7 Å². The molecule has 1 fully saturated rings. The quantitative estimate of drug-likeness (QED) is 0.222. The molecule has 0 aliphatic carbocycles. The first-order chi connectivity index (χ1) is 21.3. The van der Waals surface area contributed by atoms with Crippen LogP contribution in [0.5, 0.6) is 0 Å². The fourth-order valence-corrected chi connectivity index (χ4v) is 5.61. The minimum absolute atomic E-state index is 0.0243. The summed E-state index contributed by atoms with van der Waals surface area (Å²) in [5.41, 5.74) is -7.42. The number of nitriles is 1. The Labute approximate surface area is 256 Å². The number of rotatable bonds is 9. The predicted molar refractivity (Wildman–Crippen MR) is 144 cm³/mol. The maximum atomic E-state index is 13.6. The molecule has 0 spiro atoms. The number of ether oxygens (including phenoxy) is 1. The van der Waals surface area contributed by atoms with Crippen molar-refractivity contribution in [3.8, 4) is 6.07 Å². The average molecular weight is 677 g/mol. The molecule has 0 radical (unpaired) electrons. The van der Waals surface area contributed by atoms with E-state index in [9.17, 15) is 55.5 Å². The molecule has 0 unspecified atom stereocenters. The number of H-pyrrole nitrogens is 1. The zero-order valence-electron chi connectivity index (χ0n) is 23.7. The van der Waals surface area contributed by atoms with Gasteiger partial charge in [-0.3, -0.25) is 13.9 Å². The molecule has 1 amide bonds. The number of phosphoric ester groups is 1. The number of hydrogen-bond acceptors (Lipinski definition) is 7. The molecule has 0 saturated carbocycles. The lowest BCUT2D eigenvalue weighted by Crippen LogP contribution is -2.63. The number of carbonyl (C=O) groups excluding carboxylic acids is 1. The average Bonchev–Trinajstić information content (AvgIpc) is 3.44. The summed E-state index contributed by atoms with van der Waals surface area (Å²) >= 11 is 0. The highest BCUT2D eigenvalue weighted by Gasteiger charge is 2.53. The molecule has 3 aromatic rings. The molecular formula is C27H26F6N5O7P. The second-order valence-corrected chi connectivity index (χ2v) is 11.8. The molecule has 248 valence electrons. The van der Waals surface area contributed by atoms with E-state index in [4.69, 9.17) is 4.74 Å². The fraction of sp³-hybridized carbons (Fsp3) is 0.407. The number of alkyl halides is 6. The number of hydrogen-bond donors (Lipinski definition) is 3. The smallest absolute Gasteiger partial charge is 0.371 e. The number of piperidine rings is 1. The highest BCUT2D eigenvalue weighted by Crippen LogP contribution is 2.45. The zero-order valence-corrected chi connectivity index (χ0v) is 24.6. The van der Waals surface area contributed by atoms with E-state index in [0.29, 0.717) is 17.7 Å². The highest BCUT2D eigenvalue weighted by atomic mass is 31.2. The van der Waals surface area contributed by atoms with Crippen LogP contribution in [0.2, 0.25) is 0 Å². The van der Waals surface area contributed by atoms with E-state index in [1.807, 2.05) is 6.07 Å². The van der Waals surface area contributed by atoms with E-state index >= 15 is 0 Å². The van der Waals surface area contributed by atoms with Crippen LogP contribution in [0, 0.1) is 11.3 Å². The highest BCUT2D eigenvalue weighted by molar-refractivity contribution is 7.46. The Kier molecular flexibility index (Phi) is 9.58. The van der Waals surface area contributed by atoms with Gasteiger partial charge in [0.25, 0.3) is 0 Å². The topological polar surface area (TPSA) is 171 Å². The van der Waals surface area contributed by atoms with Gasteiger partial charge in [-0.15, -0.1) is 0 Å². The second-order valence-electron chi connectivity index (χ2n) is 10.6. The van der Waals surface area contributed by atoms with Gasteiger partial charge in [0, 0.05) is 0 Å². The van der Waals surface area contributed by atoms with Crippen molar-refractivity contribution < 1.29 is 54.7 Å². The van der Waals surface area contributed by atoms with Gasteiger partial charge in [0.2, 0.25) is 5.91 Å². The van der Waals surface area contributed by atoms with Crippen molar-refractivity contribution in [1.29, 1.82) is 5.26 Å². The lowest BCUT2D eigenvalue weighted by atomic mass is 9.74. The lowest BCUT2D eigenvalue weighted by molar-refractivity contribution is -0.154. The van der Waals surface area contributed by atoms with E-state index in [2.05, 4.69) is 14.7 Å². The SMILES string of the molecule is C[C@@H](OC[C@@]1(c2ccccc2)CC[C@](C#N)(n2cn[nH]c2=O)CN1C(=O)COP(=O)(O)O)c1cc(C(F)(F)F)cc(C(F)(F)F)c1. The number of phosphoric acid groups is 1. The van der Waals surface area contributed by atoms with Crippen LogP contribution >= 0.6 is 7.82 Å². The summed E-state index contributed by atoms with van der Waals surface area (Å²) in [5, 5.41) is 16.0. The number of amides is 1. The van der Waals surface area contributed by atoms with Gasteiger partial charge in [-0.1, -0.05) is 30.3 Å². The minimum atomic E-state index is -5.19. The van der Waals surface area contributed by atoms with E-state index in [1.165, 1.54) is 6.92 Å². The van der Waals surface area contributed by atoms with Gasteiger partial charge < -0.3 is 19.4 Å². The van der Waals surface area contributed by atoms with Crippen molar-refractivity contribution >= 4 is 13.7 Å². The zero-order chi connectivity index (χ0) is 34.1. The van der Waals surface area contributed by atoms with Crippen molar-refractivity contribution in [2.75, 3.05) is 19.8 Å². The Morgan fingerprint density at radius 1 is 1.11 bits per heavy atom. The maximum Gasteiger partial charge on any atom is 0.470 e. The van der Waals surface area contributed by atoms with Crippen molar-refractivity contribution in [3.63, 3.8) is 0 Å². The van der Waals surface area contributed by atoms with E-state index in [0.717, 1.165) is 15.8 Å². The van der Waals surface area contributed by atoms with Crippen molar-refractivity contribution in [1.82, 2.24) is 19.7 Å². The number of halogens is 6. The molecular weight excluding hydrogens is 651 g/mol. The molecule has 1 saturated heterocycles. The van der Waals surface area contributed by atoms with E-state index in [-0.39, 0.29) is 18.9 Å². The summed E-state index contributed by atoms with van der Waals surface area (Å²) in [6.45, 7) is -1.14. The van der Waals surface area contributed by atoms with Crippen molar-refractivity contribution in [2.45, 2.75) is 49.3 Å². The Bertz CT molecular complexity index is 1690. The number of aromatic amines is 1. The van der Waals surface area contributed by atoms with Crippen LogP contribution in [0.25, 0.3) is 0 Å².